The molecule has 28 heavy (non-hydrogen) atoms. The molecule has 2 aromatic carbocycles. The van der Waals surface area contributed by atoms with Crippen molar-refractivity contribution in [3.63, 3.8) is 0 Å². The molecule has 2 aromatic heterocycles. The quantitative estimate of drug-likeness (QED) is 0.523. The first-order valence-corrected chi connectivity index (χ1v) is 8.36. The Hall–Kier alpha value is -3.75. The lowest BCUT2D eigenvalue weighted by Gasteiger charge is -2.07. The van der Waals surface area contributed by atoms with Crippen LogP contribution in [0.3, 0.4) is 0 Å². The van der Waals surface area contributed by atoms with Gasteiger partial charge in [0.15, 0.2) is 17.2 Å². The van der Waals surface area contributed by atoms with E-state index in [1.165, 1.54) is 10.7 Å². The number of rotatable bonds is 5. The SMILES string of the molecule is COc1ccc(-c2noc(-c3nnn(-c4ccccc4F)c3C)n2)cc1OC. The van der Waals surface area contributed by atoms with Gasteiger partial charge in [0, 0.05) is 5.56 Å². The maximum atomic E-state index is 14.1. The van der Waals surface area contributed by atoms with Crippen molar-refractivity contribution in [3.8, 4) is 40.2 Å². The lowest BCUT2D eigenvalue weighted by molar-refractivity contribution is 0.355. The summed E-state index contributed by atoms with van der Waals surface area (Å²) in [4.78, 5) is 4.39. The zero-order valence-electron chi connectivity index (χ0n) is 15.4. The molecular formula is C19H16FN5O3. The molecule has 0 N–H and O–H groups in total. The zero-order valence-corrected chi connectivity index (χ0v) is 15.4. The van der Waals surface area contributed by atoms with Crippen LogP contribution in [0.1, 0.15) is 5.69 Å². The molecule has 9 heteroatoms. The highest BCUT2D eigenvalue weighted by Gasteiger charge is 2.20. The molecule has 0 bridgehead atoms. The van der Waals surface area contributed by atoms with E-state index in [4.69, 9.17) is 14.0 Å². The highest BCUT2D eigenvalue weighted by atomic mass is 19.1. The van der Waals surface area contributed by atoms with Crippen molar-refractivity contribution in [2.24, 2.45) is 0 Å². The van der Waals surface area contributed by atoms with E-state index in [1.54, 1.807) is 57.5 Å². The Morgan fingerprint density at radius 2 is 1.82 bits per heavy atom. The number of halogens is 1. The van der Waals surface area contributed by atoms with E-state index in [1.807, 2.05) is 0 Å². The number of ether oxygens (including phenoxy) is 2. The van der Waals surface area contributed by atoms with E-state index in [0.717, 1.165) is 0 Å². The molecule has 0 saturated carbocycles. The van der Waals surface area contributed by atoms with Gasteiger partial charge in [0.05, 0.1) is 19.9 Å². The molecule has 0 spiro atoms. The minimum atomic E-state index is -0.404. The van der Waals surface area contributed by atoms with Crippen molar-refractivity contribution in [1.82, 2.24) is 25.1 Å². The van der Waals surface area contributed by atoms with Crippen LogP contribution in [0.4, 0.5) is 4.39 Å². The van der Waals surface area contributed by atoms with Gasteiger partial charge in [-0.1, -0.05) is 22.5 Å². The molecule has 0 unspecified atom stereocenters. The second-order valence-electron chi connectivity index (χ2n) is 5.88. The smallest absolute Gasteiger partial charge is 0.280 e. The Kier molecular flexibility index (Phi) is 4.48. The van der Waals surface area contributed by atoms with Crippen LogP contribution in [0.2, 0.25) is 0 Å². The van der Waals surface area contributed by atoms with Crippen molar-refractivity contribution in [1.29, 1.82) is 0 Å². The van der Waals surface area contributed by atoms with E-state index < -0.39 is 5.82 Å². The molecule has 4 aromatic rings. The molecule has 0 aliphatic carbocycles. The van der Waals surface area contributed by atoms with Gasteiger partial charge in [-0.25, -0.2) is 9.07 Å². The number of methoxy groups -OCH3 is 2. The molecule has 4 rings (SSSR count). The summed E-state index contributed by atoms with van der Waals surface area (Å²) >= 11 is 0. The van der Waals surface area contributed by atoms with Crippen LogP contribution in [0.25, 0.3) is 28.7 Å². The normalized spacial score (nSPS) is 10.9. The minimum absolute atomic E-state index is 0.185. The minimum Gasteiger partial charge on any atom is -0.493 e. The predicted octanol–water partition coefficient (Wildman–Crippen LogP) is 3.45. The van der Waals surface area contributed by atoms with Gasteiger partial charge in [-0.15, -0.1) is 5.10 Å². The van der Waals surface area contributed by atoms with Gasteiger partial charge in [0.1, 0.15) is 11.5 Å². The van der Waals surface area contributed by atoms with Crippen molar-refractivity contribution in [2.45, 2.75) is 6.92 Å². The lowest BCUT2D eigenvalue weighted by atomic mass is 10.2. The molecule has 8 nitrogen and oxygen atoms in total. The fraction of sp³-hybridized carbons (Fsp3) is 0.158. The average molecular weight is 381 g/mol. The van der Waals surface area contributed by atoms with Crippen molar-refractivity contribution < 1.29 is 18.4 Å². The monoisotopic (exact) mass is 381 g/mol. The summed E-state index contributed by atoms with van der Waals surface area (Å²) < 4.78 is 31.3. The van der Waals surface area contributed by atoms with E-state index >= 15 is 0 Å². The van der Waals surface area contributed by atoms with Crippen LogP contribution in [-0.2, 0) is 0 Å². The molecule has 142 valence electrons. The van der Waals surface area contributed by atoms with Gasteiger partial charge in [-0.05, 0) is 37.3 Å². The fourth-order valence-electron chi connectivity index (χ4n) is 2.79. The third-order valence-corrected chi connectivity index (χ3v) is 4.25. The van der Waals surface area contributed by atoms with E-state index in [2.05, 4.69) is 20.5 Å². The Labute approximate surface area is 159 Å². The molecule has 2 heterocycles. The number of hydrogen-bond donors (Lipinski definition) is 0. The summed E-state index contributed by atoms with van der Waals surface area (Å²) in [5.41, 5.74) is 1.93. The fourth-order valence-corrected chi connectivity index (χ4v) is 2.79. The first-order valence-electron chi connectivity index (χ1n) is 8.36. The van der Waals surface area contributed by atoms with Crippen molar-refractivity contribution in [2.75, 3.05) is 14.2 Å². The topological polar surface area (TPSA) is 88.1 Å². The van der Waals surface area contributed by atoms with E-state index in [9.17, 15) is 4.39 Å². The van der Waals surface area contributed by atoms with E-state index in [-0.39, 0.29) is 5.89 Å². The van der Waals surface area contributed by atoms with Crippen LogP contribution in [-0.4, -0.2) is 39.4 Å². The molecule has 0 aliphatic heterocycles. The van der Waals surface area contributed by atoms with Gasteiger partial charge < -0.3 is 14.0 Å². The lowest BCUT2D eigenvalue weighted by Crippen LogP contribution is -2.01. The molecular weight excluding hydrogens is 365 g/mol. The Morgan fingerprint density at radius 1 is 1.04 bits per heavy atom. The Bertz CT molecular complexity index is 1140. The number of para-hydroxylation sites is 1. The number of benzene rings is 2. The highest BCUT2D eigenvalue weighted by Crippen LogP contribution is 2.32. The number of aromatic nitrogens is 5. The van der Waals surface area contributed by atoms with Crippen LogP contribution in [0.5, 0.6) is 11.5 Å². The second-order valence-corrected chi connectivity index (χ2v) is 5.88. The number of hydrogen-bond acceptors (Lipinski definition) is 7. The predicted molar refractivity (Wildman–Crippen MR) is 97.9 cm³/mol. The van der Waals surface area contributed by atoms with Crippen LogP contribution in [0.15, 0.2) is 47.0 Å². The standard InChI is InChI=1S/C19H16FN5O3/c1-11-17(22-24-25(11)14-7-5-4-6-13(14)20)19-21-18(23-28-19)12-8-9-15(26-2)16(10-12)27-3/h4-10H,1-3H3. The third kappa shape index (κ3) is 2.96. The first-order chi connectivity index (χ1) is 13.6. The maximum absolute atomic E-state index is 14.1. The number of nitrogens with zero attached hydrogens (tertiary/aromatic N) is 5. The Morgan fingerprint density at radius 3 is 2.57 bits per heavy atom. The summed E-state index contributed by atoms with van der Waals surface area (Å²) in [7, 11) is 3.11. The molecule has 0 aliphatic rings. The van der Waals surface area contributed by atoms with Gasteiger partial charge >= 0.3 is 0 Å². The zero-order chi connectivity index (χ0) is 19.7. The average Bonchev–Trinajstić information content (AvgIpc) is 3.34. The largest absolute Gasteiger partial charge is 0.493 e. The summed E-state index contributed by atoms with van der Waals surface area (Å²) in [6.07, 6.45) is 0. The summed E-state index contributed by atoms with van der Waals surface area (Å²) in [5, 5.41) is 12.1. The Balaban J connectivity index is 1.70. The summed E-state index contributed by atoms with van der Waals surface area (Å²) in [5.74, 6) is 1.28. The van der Waals surface area contributed by atoms with Crippen molar-refractivity contribution in [3.05, 3.63) is 54.0 Å². The molecule has 0 radical (unpaired) electrons. The molecule has 0 saturated heterocycles. The third-order valence-electron chi connectivity index (χ3n) is 4.25. The molecule has 0 atom stereocenters. The van der Waals surface area contributed by atoms with Gasteiger partial charge in [-0.3, -0.25) is 0 Å². The summed E-state index contributed by atoms with van der Waals surface area (Å²) in [6, 6.07) is 11.6. The van der Waals surface area contributed by atoms with Crippen molar-refractivity contribution >= 4 is 0 Å². The van der Waals surface area contributed by atoms with Gasteiger partial charge in [0.2, 0.25) is 5.82 Å². The first kappa shape index (κ1) is 17.7. The van der Waals surface area contributed by atoms with Crippen LogP contribution >= 0.6 is 0 Å². The van der Waals surface area contributed by atoms with Crippen LogP contribution in [0, 0.1) is 12.7 Å². The van der Waals surface area contributed by atoms with E-state index in [0.29, 0.717) is 40.0 Å². The highest BCUT2D eigenvalue weighted by molar-refractivity contribution is 5.63. The van der Waals surface area contributed by atoms with Crippen LogP contribution < -0.4 is 9.47 Å². The molecule has 0 fully saturated rings. The molecule has 0 amide bonds. The second kappa shape index (κ2) is 7.10. The maximum Gasteiger partial charge on any atom is 0.280 e. The summed E-state index contributed by atoms with van der Waals surface area (Å²) in [6.45, 7) is 1.75. The van der Waals surface area contributed by atoms with Gasteiger partial charge in [0.25, 0.3) is 5.89 Å². The van der Waals surface area contributed by atoms with Gasteiger partial charge in [-0.2, -0.15) is 4.98 Å².